The maximum atomic E-state index is 12.1. The average Bonchev–Trinajstić information content (AvgIpc) is 2.65. The van der Waals surface area contributed by atoms with Crippen LogP contribution in [0.5, 0.6) is 17.2 Å². The van der Waals surface area contributed by atoms with Crippen LogP contribution in [0.1, 0.15) is 43.0 Å². The molecule has 0 saturated carbocycles. The number of likely N-dealkylation sites (N-methyl/N-ethyl adjacent to an activating group) is 1. The van der Waals surface area contributed by atoms with E-state index in [0.29, 0.717) is 30.3 Å². The highest BCUT2D eigenvalue weighted by Gasteiger charge is 2.43. The highest BCUT2D eigenvalue weighted by Crippen LogP contribution is 2.47. The summed E-state index contributed by atoms with van der Waals surface area (Å²) in [6.45, 7) is 7.62. The summed E-state index contributed by atoms with van der Waals surface area (Å²) < 4.78 is 16.8. The van der Waals surface area contributed by atoms with Gasteiger partial charge in [-0.2, -0.15) is 0 Å². The van der Waals surface area contributed by atoms with Crippen LogP contribution in [0.2, 0.25) is 0 Å². The molecule has 0 bridgehead atoms. The lowest BCUT2D eigenvalue weighted by atomic mass is 9.77. The van der Waals surface area contributed by atoms with Crippen molar-refractivity contribution in [2.45, 2.75) is 38.3 Å². The fourth-order valence-electron chi connectivity index (χ4n) is 4.05. The van der Waals surface area contributed by atoms with E-state index >= 15 is 0 Å². The van der Waals surface area contributed by atoms with E-state index in [0.717, 1.165) is 22.3 Å². The van der Waals surface area contributed by atoms with Gasteiger partial charge in [0, 0.05) is 30.3 Å². The Hall–Kier alpha value is -2.24. The largest absolute Gasteiger partial charge is 0.497 e. The summed E-state index contributed by atoms with van der Waals surface area (Å²) in [5.41, 5.74) is 2.32. The van der Waals surface area contributed by atoms with E-state index in [1.54, 1.807) is 21.3 Å². The van der Waals surface area contributed by atoms with Gasteiger partial charge in [-0.05, 0) is 41.8 Å². The Bertz CT molecular complexity index is 872. The van der Waals surface area contributed by atoms with Gasteiger partial charge in [0.25, 0.3) is 0 Å². The molecule has 0 radical (unpaired) electrons. The van der Waals surface area contributed by atoms with Gasteiger partial charge in [0.15, 0.2) is 0 Å². The quantitative estimate of drug-likeness (QED) is 0.870. The molecular weight excluding hydrogens is 354 g/mol. The van der Waals surface area contributed by atoms with Gasteiger partial charge in [-0.25, -0.2) is 0 Å². The van der Waals surface area contributed by atoms with Gasteiger partial charge < -0.3 is 19.3 Å². The van der Waals surface area contributed by atoms with Crippen LogP contribution < -0.4 is 14.2 Å². The number of ether oxygens (including phenoxy) is 3. The van der Waals surface area contributed by atoms with Crippen molar-refractivity contribution in [2.75, 3.05) is 34.9 Å². The van der Waals surface area contributed by atoms with Gasteiger partial charge in [0.2, 0.25) is 0 Å². The topological polar surface area (TPSA) is 51.2 Å². The minimum absolute atomic E-state index is 0.0508. The minimum atomic E-state index is -1.27. The lowest BCUT2D eigenvalue weighted by Gasteiger charge is -2.41. The normalized spacial score (nSPS) is 19.9. The van der Waals surface area contributed by atoms with E-state index in [1.807, 2.05) is 25.2 Å². The molecule has 2 aromatic carbocycles. The number of fused-ring (bicyclic) bond motifs is 1. The first-order chi connectivity index (χ1) is 13.1. The molecule has 1 aliphatic heterocycles. The Morgan fingerprint density at radius 2 is 1.64 bits per heavy atom. The third kappa shape index (κ3) is 3.45. The molecule has 1 N–H and O–H groups in total. The highest BCUT2D eigenvalue weighted by molar-refractivity contribution is 5.58. The lowest BCUT2D eigenvalue weighted by Crippen LogP contribution is -2.45. The fourth-order valence-corrected chi connectivity index (χ4v) is 4.05. The van der Waals surface area contributed by atoms with E-state index in [9.17, 15) is 5.11 Å². The zero-order chi connectivity index (χ0) is 20.7. The Kier molecular flexibility index (Phi) is 5.34. The Morgan fingerprint density at radius 1 is 0.964 bits per heavy atom. The summed E-state index contributed by atoms with van der Waals surface area (Å²) >= 11 is 0. The van der Waals surface area contributed by atoms with Gasteiger partial charge >= 0.3 is 0 Å². The predicted octanol–water partition coefficient (Wildman–Crippen LogP) is 3.69. The molecule has 0 spiro atoms. The molecule has 1 aliphatic rings. The third-order valence-corrected chi connectivity index (χ3v) is 5.48. The van der Waals surface area contributed by atoms with Crippen molar-refractivity contribution in [3.63, 3.8) is 0 Å². The monoisotopic (exact) mass is 385 g/mol. The second-order valence-corrected chi connectivity index (χ2v) is 8.56. The van der Waals surface area contributed by atoms with Crippen LogP contribution in [0.3, 0.4) is 0 Å². The molecule has 0 fully saturated rings. The average molecular weight is 386 g/mol. The van der Waals surface area contributed by atoms with Gasteiger partial charge in [-0.3, -0.25) is 4.90 Å². The van der Waals surface area contributed by atoms with Crippen LogP contribution in [0.4, 0.5) is 0 Å². The molecular formula is C23H31NO4. The van der Waals surface area contributed by atoms with Crippen molar-refractivity contribution >= 4 is 0 Å². The first-order valence-electron chi connectivity index (χ1n) is 9.49. The maximum Gasteiger partial charge on any atom is 0.135 e. The van der Waals surface area contributed by atoms with Crippen molar-refractivity contribution in [3.05, 3.63) is 52.6 Å². The highest BCUT2D eigenvalue weighted by atomic mass is 16.5. The number of hydrogen-bond donors (Lipinski definition) is 1. The summed E-state index contributed by atoms with van der Waals surface area (Å²) in [4.78, 5) is 2.10. The fraction of sp³-hybridized carbons (Fsp3) is 0.478. The van der Waals surface area contributed by atoms with Crippen LogP contribution in [-0.2, 0) is 17.6 Å². The van der Waals surface area contributed by atoms with E-state index < -0.39 is 5.60 Å². The number of rotatable bonds is 4. The van der Waals surface area contributed by atoms with Crippen LogP contribution >= 0.6 is 0 Å². The number of aliphatic hydroxyl groups is 1. The molecule has 5 heteroatoms. The van der Waals surface area contributed by atoms with Crippen molar-refractivity contribution in [3.8, 4) is 17.2 Å². The SMILES string of the molecule is COc1cc2c(c(OC)c1)C(O)(c1cc(C(C)(C)C)ccc1OC)CN(C)C2. The van der Waals surface area contributed by atoms with Gasteiger partial charge in [0.05, 0.1) is 21.3 Å². The molecule has 28 heavy (non-hydrogen) atoms. The standard InChI is InChI=1S/C23H31NO4/c1-22(2,3)16-8-9-19(27-6)18(11-16)23(25)14-24(4)13-15-10-17(26-5)12-20(28-7)21(15)23/h8-12,25H,13-14H2,1-7H3. The van der Waals surface area contributed by atoms with E-state index in [-0.39, 0.29) is 5.41 Å². The van der Waals surface area contributed by atoms with Crippen molar-refractivity contribution in [1.82, 2.24) is 4.90 Å². The van der Waals surface area contributed by atoms with Crippen LogP contribution in [-0.4, -0.2) is 44.9 Å². The summed E-state index contributed by atoms with van der Waals surface area (Å²) in [5.74, 6) is 1.99. The molecule has 0 amide bonds. The molecule has 1 atom stereocenters. The van der Waals surface area contributed by atoms with Crippen molar-refractivity contribution < 1.29 is 19.3 Å². The number of hydrogen-bond acceptors (Lipinski definition) is 5. The second kappa shape index (κ2) is 7.30. The Balaban J connectivity index is 2.31. The second-order valence-electron chi connectivity index (χ2n) is 8.56. The molecule has 1 unspecified atom stereocenters. The molecule has 3 rings (SSSR count). The Morgan fingerprint density at radius 3 is 2.21 bits per heavy atom. The molecule has 1 heterocycles. The molecule has 2 aromatic rings. The summed E-state index contributed by atoms with van der Waals surface area (Å²) in [6.07, 6.45) is 0. The number of β-amino-alcohol motifs (C(OH)–C–C–N with tert-alkyl or cyclic N) is 1. The molecule has 5 nitrogen and oxygen atoms in total. The number of benzene rings is 2. The predicted molar refractivity (Wildman–Crippen MR) is 111 cm³/mol. The molecule has 0 aliphatic carbocycles. The van der Waals surface area contributed by atoms with Gasteiger partial charge in [0.1, 0.15) is 22.8 Å². The van der Waals surface area contributed by atoms with Crippen molar-refractivity contribution in [2.24, 2.45) is 0 Å². The molecule has 0 aromatic heterocycles. The first-order valence-corrected chi connectivity index (χ1v) is 9.49. The Labute approximate surface area is 167 Å². The summed E-state index contributed by atoms with van der Waals surface area (Å²) in [6, 6.07) is 9.86. The van der Waals surface area contributed by atoms with Gasteiger partial charge in [-0.1, -0.05) is 26.8 Å². The van der Waals surface area contributed by atoms with E-state index in [4.69, 9.17) is 14.2 Å². The zero-order valence-electron chi connectivity index (χ0n) is 17.9. The smallest absolute Gasteiger partial charge is 0.135 e. The summed E-state index contributed by atoms with van der Waals surface area (Å²) in [5, 5.41) is 12.1. The molecule has 0 saturated heterocycles. The molecule has 152 valence electrons. The number of nitrogens with zero attached hydrogens (tertiary/aromatic N) is 1. The van der Waals surface area contributed by atoms with Crippen LogP contribution in [0.25, 0.3) is 0 Å². The van der Waals surface area contributed by atoms with Crippen LogP contribution in [0, 0.1) is 0 Å². The lowest BCUT2D eigenvalue weighted by molar-refractivity contribution is 0.0238. The van der Waals surface area contributed by atoms with Crippen molar-refractivity contribution in [1.29, 1.82) is 0 Å². The first kappa shape index (κ1) is 20.5. The zero-order valence-corrected chi connectivity index (χ0v) is 17.9. The van der Waals surface area contributed by atoms with E-state index in [1.165, 1.54) is 0 Å². The minimum Gasteiger partial charge on any atom is -0.497 e. The summed E-state index contributed by atoms with van der Waals surface area (Å²) in [7, 11) is 6.89. The van der Waals surface area contributed by atoms with Crippen LogP contribution in [0.15, 0.2) is 30.3 Å². The number of methoxy groups -OCH3 is 3. The maximum absolute atomic E-state index is 12.1. The van der Waals surface area contributed by atoms with Gasteiger partial charge in [-0.15, -0.1) is 0 Å². The van der Waals surface area contributed by atoms with E-state index in [2.05, 4.69) is 37.8 Å². The third-order valence-electron chi connectivity index (χ3n) is 5.48.